The van der Waals surface area contributed by atoms with Crippen LogP contribution in [0.3, 0.4) is 0 Å². The lowest BCUT2D eigenvalue weighted by Gasteiger charge is -2.36. The van der Waals surface area contributed by atoms with Gasteiger partial charge in [-0.2, -0.15) is 8.78 Å². The zero-order chi connectivity index (χ0) is 43.7. The van der Waals surface area contributed by atoms with Gasteiger partial charge in [0.15, 0.2) is 5.69 Å². The number of nitrogens with one attached hydrogen (secondary N) is 3. The Hall–Kier alpha value is -4.29. The van der Waals surface area contributed by atoms with Gasteiger partial charge in [-0.3, -0.25) is 23.9 Å². The Kier molecular flexibility index (Phi) is 11.4. The van der Waals surface area contributed by atoms with Gasteiger partial charge in [-0.25, -0.2) is 27.2 Å². The van der Waals surface area contributed by atoms with Crippen molar-refractivity contribution in [1.29, 1.82) is 0 Å². The van der Waals surface area contributed by atoms with Gasteiger partial charge in [0.25, 0.3) is 11.8 Å². The number of carbonyl (C=O) groups excluding carboxylic acids is 4. The zero-order valence-corrected chi connectivity index (χ0v) is 35.5. The Bertz CT molecular complexity index is 2170. The highest BCUT2D eigenvalue weighted by atomic mass is 32.2. The predicted octanol–water partition coefficient (Wildman–Crippen LogP) is 4.98. The SMILES string of the molecule is CC[C@@H]1[C@@H]2CN(C(=O)[C@H](C(C)(C)C)NC(=O)C[C@@H]3C[C@H]3CCCCC(F)(F)c3nc4ccc(OC)cc4nc3O2)[C@@H]1C(=O)N[C@]1(C(=O)NS(=O)(=O)C2(C)CC2)C[C@H]1C(F)F. The molecule has 19 heteroatoms. The fraction of sp³-hybridized carbons (Fsp3) is 0.707. The highest BCUT2D eigenvalue weighted by molar-refractivity contribution is 7.91. The van der Waals surface area contributed by atoms with Gasteiger partial charge in [-0.05, 0) is 74.8 Å². The van der Waals surface area contributed by atoms with Crippen LogP contribution in [0.25, 0.3) is 11.0 Å². The van der Waals surface area contributed by atoms with Crippen molar-refractivity contribution in [3.05, 3.63) is 23.9 Å². The van der Waals surface area contributed by atoms with E-state index in [1.54, 1.807) is 33.8 Å². The molecule has 1 aromatic carbocycles. The number of carbonyl (C=O) groups is 4. The number of halogens is 4. The maximum absolute atomic E-state index is 16.4. The Labute approximate surface area is 346 Å². The Balaban J connectivity index is 1.30. The minimum Gasteiger partial charge on any atom is -0.497 e. The molecule has 8 atom stereocenters. The molecule has 7 rings (SSSR count). The van der Waals surface area contributed by atoms with Gasteiger partial charge in [0.2, 0.25) is 40.1 Å². The van der Waals surface area contributed by atoms with E-state index in [1.807, 2.05) is 4.72 Å². The average molecular weight is 867 g/mol. The van der Waals surface area contributed by atoms with Crippen molar-refractivity contribution in [2.75, 3.05) is 13.7 Å². The topological polar surface area (TPSA) is 186 Å². The minimum absolute atomic E-state index is 0.0117. The van der Waals surface area contributed by atoms with Crippen molar-refractivity contribution in [3.8, 4) is 11.6 Å². The van der Waals surface area contributed by atoms with Crippen molar-refractivity contribution >= 4 is 44.7 Å². The molecule has 0 radical (unpaired) electrons. The molecule has 1 aromatic heterocycles. The Morgan fingerprint density at radius 2 is 1.80 bits per heavy atom. The van der Waals surface area contributed by atoms with Crippen LogP contribution in [0, 0.1) is 29.1 Å². The molecule has 3 aliphatic carbocycles. The van der Waals surface area contributed by atoms with Crippen molar-refractivity contribution in [1.82, 2.24) is 30.2 Å². The molecule has 0 spiro atoms. The van der Waals surface area contributed by atoms with Crippen molar-refractivity contribution in [2.24, 2.45) is 29.1 Å². The van der Waals surface area contributed by atoms with E-state index >= 15 is 8.78 Å². The monoisotopic (exact) mass is 866 g/mol. The number of hydrogen-bond acceptors (Lipinski definition) is 10. The third-order valence-corrected chi connectivity index (χ3v) is 15.4. The third kappa shape index (κ3) is 8.35. The van der Waals surface area contributed by atoms with Crippen molar-refractivity contribution in [2.45, 2.75) is 140 Å². The average Bonchev–Trinajstić information content (AvgIpc) is 4.12. The molecule has 14 nitrogen and oxygen atoms in total. The summed E-state index contributed by atoms with van der Waals surface area (Å²) in [7, 11) is -2.87. The van der Waals surface area contributed by atoms with Crippen LogP contribution in [0.15, 0.2) is 18.2 Å². The van der Waals surface area contributed by atoms with Crippen LogP contribution in [0.1, 0.15) is 105 Å². The summed E-state index contributed by atoms with van der Waals surface area (Å²) in [4.78, 5) is 66.7. The van der Waals surface area contributed by atoms with Gasteiger partial charge in [-0.1, -0.05) is 40.5 Å². The number of sulfonamides is 1. The van der Waals surface area contributed by atoms with Gasteiger partial charge in [0.1, 0.15) is 29.5 Å². The molecule has 1 saturated heterocycles. The molecular weight excluding hydrogens is 813 g/mol. The van der Waals surface area contributed by atoms with Crippen LogP contribution in [-0.4, -0.2) is 95.5 Å². The van der Waals surface area contributed by atoms with Crippen molar-refractivity contribution < 1.29 is 54.6 Å². The number of alkyl halides is 4. The second kappa shape index (κ2) is 15.6. The van der Waals surface area contributed by atoms with Crippen LogP contribution in [0.4, 0.5) is 17.6 Å². The van der Waals surface area contributed by atoms with Gasteiger partial charge < -0.3 is 25.0 Å². The van der Waals surface area contributed by atoms with E-state index < -0.39 is 123 Å². The summed E-state index contributed by atoms with van der Waals surface area (Å²) in [5.41, 5.74) is -3.67. The number of fused-ring (bicyclic) bond motifs is 5. The number of rotatable bonds is 8. The van der Waals surface area contributed by atoms with Crippen LogP contribution < -0.4 is 24.8 Å². The molecule has 2 aliphatic heterocycles. The quantitative estimate of drug-likeness (QED) is 0.306. The smallest absolute Gasteiger partial charge is 0.295 e. The molecule has 2 aromatic rings. The molecule has 3 saturated carbocycles. The molecule has 4 amide bonds. The Morgan fingerprint density at radius 1 is 1.08 bits per heavy atom. The van der Waals surface area contributed by atoms with E-state index in [1.165, 1.54) is 26.2 Å². The number of ether oxygens (including phenoxy) is 2. The number of methoxy groups -OCH3 is 1. The maximum atomic E-state index is 16.4. The van der Waals surface area contributed by atoms with E-state index in [9.17, 15) is 36.4 Å². The fourth-order valence-corrected chi connectivity index (χ4v) is 10.2. The van der Waals surface area contributed by atoms with Gasteiger partial charge in [-0.15, -0.1) is 0 Å². The number of aromatic nitrogens is 2. The van der Waals surface area contributed by atoms with Gasteiger partial charge in [0, 0.05) is 24.8 Å². The molecule has 60 heavy (non-hydrogen) atoms. The van der Waals surface area contributed by atoms with Crippen LogP contribution in [0.5, 0.6) is 11.6 Å². The van der Waals surface area contributed by atoms with Gasteiger partial charge in [0.05, 0.1) is 35.4 Å². The number of hydrogen-bond donors (Lipinski definition) is 3. The summed E-state index contributed by atoms with van der Waals surface area (Å²) in [5.74, 6) is -9.77. The van der Waals surface area contributed by atoms with E-state index in [-0.39, 0.29) is 55.0 Å². The molecule has 3 N–H and O–H groups in total. The van der Waals surface area contributed by atoms with Crippen LogP contribution >= 0.6 is 0 Å². The fourth-order valence-electron chi connectivity index (χ4n) is 8.85. The summed E-state index contributed by atoms with van der Waals surface area (Å²) >= 11 is 0. The number of benzene rings is 1. The lowest BCUT2D eigenvalue weighted by Crippen LogP contribution is -2.61. The molecule has 2 bridgehead atoms. The number of nitrogens with zero attached hydrogens (tertiary/aromatic N) is 3. The lowest BCUT2D eigenvalue weighted by atomic mass is 9.85. The predicted molar refractivity (Wildman–Crippen MR) is 209 cm³/mol. The second-order valence-electron chi connectivity index (χ2n) is 18.7. The highest BCUT2D eigenvalue weighted by Gasteiger charge is 2.68. The van der Waals surface area contributed by atoms with E-state index in [0.29, 0.717) is 18.6 Å². The lowest BCUT2D eigenvalue weighted by molar-refractivity contribution is -0.145. The molecule has 0 unspecified atom stereocenters. The normalized spacial score (nSPS) is 31.4. The standard InChI is InChI=1S/C41H54F4N6O8S/c1-7-24-28-20-51(30(24)34(53)49-40(19-25(40)33(42)43)37(55)50-60(56,57)39(5)14-15-39)36(54)32(38(2,3)4)48-29(52)17-22-16-21(22)10-8-9-13-41(44,45)31-35(59-28)47-27-18-23(58-6)11-12-26(27)46-31/h11-12,18,21-22,24-25,28,30,32-33H,7-10,13-17,19-20H2,1-6H3,(H,48,52)(H,49,53)(H,50,55)/t21-,22+,24-,25+,28+,30+,32-,40-/m1/s1. The van der Waals surface area contributed by atoms with E-state index in [4.69, 9.17) is 9.47 Å². The van der Waals surface area contributed by atoms with Crippen LogP contribution in [0.2, 0.25) is 0 Å². The Morgan fingerprint density at radius 3 is 2.42 bits per heavy atom. The molecule has 3 heterocycles. The zero-order valence-electron chi connectivity index (χ0n) is 34.7. The first-order valence-corrected chi connectivity index (χ1v) is 22.2. The first-order valence-electron chi connectivity index (χ1n) is 20.7. The molecule has 4 fully saturated rings. The first kappa shape index (κ1) is 43.8. The van der Waals surface area contributed by atoms with E-state index in [0.717, 1.165) is 11.3 Å². The largest absolute Gasteiger partial charge is 0.497 e. The summed E-state index contributed by atoms with van der Waals surface area (Å²) in [6, 6.07) is 1.79. The second-order valence-corrected chi connectivity index (χ2v) is 20.9. The molecule has 330 valence electrons. The van der Waals surface area contributed by atoms with E-state index in [2.05, 4.69) is 20.6 Å². The summed E-state index contributed by atoms with van der Waals surface area (Å²) in [5, 5.41) is 5.31. The molecular formula is C41H54F4N6O8S. The third-order valence-electron chi connectivity index (χ3n) is 13.2. The van der Waals surface area contributed by atoms with Crippen LogP contribution in [-0.2, 0) is 35.1 Å². The summed E-state index contributed by atoms with van der Waals surface area (Å²) in [6.07, 6.45) is -2.79. The summed E-state index contributed by atoms with van der Waals surface area (Å²) in [6.45, 7) is 7.86. The van der Waals surface area contributed by atoms with Gasteiger partial charge >= 0.3 is 0 Å². The minimum atomic E-state index is -4.30. The molecule has 5 aliphatic rings. The highest BCUT2D eigenvalue weighted by Crippen LogP contribution is 2.50. The first-order chi connectivity index (χ1) is 28.0. The number of amides is 4. The van der Waals surface area contributed by atoms with Crippen molar-refractivity contribution in [3.63, 3.8) is 0 Å². The maximum Gasteiger partial charge on any atom is 0.295 e. The summed E-state index contributed by atoms with van der Waals surface area (Å²) < 4.78 is 100.0.